The zero-order chi connectivity index (χ0) is 20.1. The Morgan fingerprint density at radius 1 is 1.18 bits per heavy atom. The third-order valence-corrected chi connectivity index (χ3v) is 4.54. The summed E-state index contributed by atoms with van der Waals surface area (Å²) in [5, 5.41) is 13.1. The number of benzene rings is 1. The van der Waals surface area contributed by atoms with Crippen LogP contribution in [0.4, 0.5) is 0 Å². The zero-order valence-corrected chi connectivity index (χ0v) is 16.5. The maximum Gasteiger partial charge on any atom is 0.287 e. The molecule has 1 aromatic carbocycles. The number of halogens is 1. The molecule has 0 aliphatic heterocycles. The molecule has 2 aromatic heterocycles. The minimum Gasteiger partial charge on any atom is -0.506 e. The third-order valence-electron chi connectivity index (χ3n) is 4.22. The highest BCUT2D eigenvalue weighted by atomic mass is 35.5. The number of phenols is 1. The van der Waals surface area contributed by atoms with Gasteiger partial charge in [-0.1, -0.05) is 11.6 Å². The number of rotatable bonds is 7. The van der Waals surface area contributed by atoms with E-state index >= 15 is 0 Å². The highest BCUT2D eigenvalue weighted by Gasteiger charge is 2.20. The molecule has 0 unspecified atom stereocenters. The van der Waals surface area contributed by atoms with Crippen molar-refractivity contribution in [2.75, 3.05) is 27.2 Å². The Balaban J connectivity index is 1.92. The van der Waals surface area contributed by atoms with Gasteiger partial charge in [-0.15, -0.1) is 0 Å². The summed E-state index contributed by atoms with van der Waals surface area (Å²) in [5.41, 5.74) is 2.22. The van der Waals surface area contributed by atoms with Crippen LogP contribution in [0.3, 0.4) is 0 Å². The number of carbonyl (C=O) groups excluding carboxylic acids is 1. The van der Waals surface area contributed by atoms with Crippen molar-refractivity contribution in [1.82, 2.24) is 15.2 Å². The van der Waals surface area contributed by atoms with E-state index in [1.54, 1.807) is 30.6 Å². The molecule has 0 bridgehead atoms. The fraction of sp³-hybridized carbons (Fsp3) is 0.238. The van der Waals surface area contributed by atoms with Crippen molar-refractivity contribution in [2.24, 2.45) is 0 Å². The lowest BCUT2D eigenvalue weighted by molar-refractivity contribution is 0.0925. The van der Waals surface area contributed by atoms with E-state index in [1.807, 2.05) is 26.2 Å². The maximum atomic E-state index is 12.5. The summed E-state index contributed by atoms with van der Waals surface area (Å²) in [7, 11) is 3.98. The van der Waals surface area contributed by atoms with Crippen molar-refractivity contribution in [3.8, 4) is 28.2 Å². The first kappa shape index (κ1) is 19.9. The van der Waals surface area contributed by atoms with E-state index in [0.717, 1.165) is 24.1 Å². The summed E-state index contributed by atoms with van der Waals surface area (Å²) in [6.07, 6.45) is 4.19. The standard InChI is InChI=1S/C21H22ClN3O3/c1-25(2)11-3-8-24-21(27)19-13-16(14-6-9-23-10-7-14)20(28-19)15-4-5-17(22)18(26)12-15/h4-7,9-10,12-13,26H,3,8,11H2,1-2H3,(H,24,27). The van der Waals surface area contributed by atoms with Crippen LogP contribution in [0.1, 0.15) is 17.0 Å². The lowest BCUT2D eigenvalue weighted by atomic mass is 10.0. The molecule has 0 atom stereocenters. The Bertz CT molecular complexity index is 955. The van der Waals surface area contributed by atoms with Crippen molar-refractivity contribution in [2.45, 2.75) is 6.42 Å². The van der Waals surface area contributed by atoms with Gasteiger partial charge in [0.2, 0.25) is 0 Å². The summed E-state index contributed by atoms with van der Waals surface area (Å²) in [4.78, 5) is 18.6. The quantitative estimate of drug-likeness (QED) is 0.586. The molecule has 28 heavy (non-hydrogen) atoms. The number of carbonyl (C=O) groups is 1. The first-order chi connectivity index (χ1) is 13.5. The second-order valence-corrected chi connectivity index (χ2v) is 7.08. The lowest BCUT2D eigenvalue weighted by Crippen LogP contribution is -2.26. The van der Waals surface area contributed by atoms with E-state index in [4.69, 9.17) is 16.0 Å². The van der Waals surface area contributed by atoms with Crippen molar-refractivity contribution in [3.63, 3.8) is 0 Å². The number of pyridine rings is 1. The number of hydrogen-bond donors (Lipinski definition) is 2. The monoisotopic (exact) mass is 399 g/mol. The summed E-state index contributed by atoms with van der Waals surface area (Å²) >= 11 is 5.92. The van der Waals surface area contributed by atoms with E-state index in [1.165, 1.54) is 6.07 Å². The van der Waals surface area contributed by atoms with Gasteiger partial charge >= 0.3 is 0 Å². The minimum atomic E-state index is -0.279. The van der Waals surface area contributed by atoms with Crippen molar-refractivity contribution < 1.29 is 14.3 Å². The van der Waals surface area contributed by atoms with Crippen LogP contribution in [0.15, 0.2) is 53.2 Å². The van der Waals surface area contributed by atoms with Crippen LogP contribution in [0.5, 0.6) is 5.75 Å². The molecule has 0 aliphatic rings. The van der Waals surface area contributed by atoms with Gasteiger partial charge in [-0.05, 0) is 69.0 Å². The number of aromatic hydroxyl groups is 1. The minimum absolute atomic E-state index is 0.0501. The molecule has 0 radical (unpaired) electrons. The number of nitrogens with zero attached hydrogens (tertiary/aromatic N) is 2. The Morgan fingerprint density at radius 3 is 2.61 bits per heavy atom. The van der Waals surface area contributed by atoms with E-state index in [2.05, 4.69) is 15.2 Å². The number of aromatic nitrogens is 1. The van der Waals surface area contributed by atoms with Gasteiger partial charge in [-0.2, -0.15) is 0 Å². The highest BCUT2D eigenvalue weighted by molar-refractivity contribution is 6.32. The van der Waals surface area contributed by atoms with Gasteiger partial charge in [0.05, 0.1) is 5.02 Å². The van der Waals surface area contributed by atoms with Crippen LogP contribution in [0.25, 0.3) is 22.5 Å². The Hall–Kier alpha value is -2.83. The van der Waals surface area contributed by atoms with Gasteiger partial charge < -0.3 is 19.7 Å². The largest absolute Gasteiger partial charge is 0.506 e. The molecule has 2 heterocycles. The van der Waals surface area contributed by atoms with Crippen LogP contribution in [0, 0.1) is 0 Å². The highest BCUT2D eigenvalue weighted by Crippen LogP contribution is 2.37. The second-order valence-electron chi connectivity index (χ2n) is 6.67. The second kappa shape index (κ2) is 8.91. The van der Waals surface area contributed by atoms with Crippen molar-refractivity contribution in [3.05, 3.63) is 59.6 Å². The SMILES string of the molecule is CN(C)CCCNC(=O)c1cc(-c2ccncc2)c(-c2ccc(Cl)c(O)c2)o1. The zero-order valence-electron chi connectivity index (χ0n) is 15.8. The number of nitrogens with one attached hydrogen (secondary N) is 1. The van der Waals surface area contributed by atoms with E-state index < -0.39 is 0 Å². The van der Waals surface area contributed by atoms with E-state index in [-0.39, 0.29) is 22.4 Å². The molecule has 0 fully saturated rings. The van der Waals surface area contributed by atoms with Gasteiger partial charge in [0.1, 0.15) is 11.5 Å². The molecule has 0 saturated heterocycles. The van der Waals surface area contributed by atoms with Gasteiger partial charge in [0.15, 0.2) is 5.76 Å². The normalized spacial score (nSPS) is 11.0. The van der Waals surface area contributed by atoms with Gasteiger partial charge in [0, 0.05) is 30.1 Å². The van der Waals surface area contributed by atoms with Gasteiger partial charge in [0.25, 0.3) is 5.91 Å². The molecule has 7 heteroatoms. The third kappa shape index (κ3) is 4.71. The number of phenolic OH excluding ortho intramolecular Hbond substituents is 1. The van der Waals surface area contributed by atoms with E-state index in [0.29, 0.717) is 17.9 Å². The summed E-state index contributed by atoms with van der Waals surface area (Å²) in [6, 6.07) is 10.2. The van der Waals surface area contributed by atoms with Gasteiger partial charge in [-0.25, -0.2) is 0 Å². The fourth-order valence-electron chi connectivity index (χ4n) is 2.80. The molecular formula is C21H22ClN3O3. The Labute approximate surface area is 168 Å². The molecule has 146 valence electrons. The van der Waals surface area contributed by atoms with Crippen molar-refractivity contribution in [1.29, 1.82) is 0 Å². The topological polar surface area (TPSA) is 78.6 Å². The fourth-order valence-corrected chi connectivity index (χ4v) is 2.92. The molecule has 0 saturated carbocycles. The lowest BCUT2D eigenvalue weighted by Gasteiger charge is -2.09. The Morgan fingerprint density at radius 2 is 1.93 bits per heavy atom. The predicted molar refractivity (Wildman–Crippen MR) is 110 cm³/mol. The molecular weight excluding hydrogens is 378 g/mol. The average Bonchev–Trinajstić information content (AvgIpc) is 3.13. The van der Waals surface area contributed by atoms with Crippen LogP contribution in [-0.4, -0.2) is 48.1 Å². The van der Waals surface area contributed by atoms with Crippen LogP contribution in [-0.2, 0) is 0 Å². The maximum absolute atomic E-state index is 12.5. The molecule has 0 aliphatic carbocycles. The number of furan rings is 1. The molecule has 3 rings (SSSR count). The average molecular weight is 400 g/mol. The van der Waals surface area contributed by atoms with Crippen LogP contribution >= 0.6 is 11.6 Å². The van der Waals surface area contributed by atoms with Crippen LogP contribution in [0.2, 0.25) is 5.02 Å². The van der Waals surface area contributed by atoms with Crippen molar-refractivity contribution >= 4 is 17.5 Å². The number of hydrogen-bond acceptors (Lipinski definition) is 5. The first-order valence-electron chi connectivity index (χ1n) is 8.91. The molecule has 6 nitrogen and oxygen atoms in total. The summed E-state index contributed by atoms with van der Waals surface area (Å²) < 4.78 is 5.89. The molecule has 3 aromatic rings. The molecule has 0 spiro atoms. The predicted octanol–water partition coefficient (Wildman–Crippen LogP) is 4.05. The number of amides is 1. The first-order valence-corrected chi connectivity index (χ1v) is 9.29. The molecule has 1 amide bonds. The summed E-state index contributed by atoms with van der Waals surface area (Å²) in [5.74, 6) is 0.363. The smallest absolute Gasteiger partial charge is 0.287 e. The van der Waals surface area contributed by atoms with E-state index in [9.17, 15) is 9.90 Å². The van der Waals surface area contributed by atoms with Gasteiger partial charge in [-0.3, -0.25) is 9.78 Å². The molecule has 2 N–H and O–H groups in total. The summed E-state index contributed by atoms with van der Waals surface area (Å²) in [6.45, 7) is 1.44. The Kier molecular flexibility index (Phi) is 6.34. The van der Waals surface area contributed by atoms with Crippen LogP contribution < -0.4 is 5.32 Å².